The van der Waals surface area contributed by atoms with E-state index in [-0.39, 0.29) is 11.8 Å². The summed E-state index contributed by atoms with van der Waals surface area (Å²) in [7, 11) is 0. The molecule has 0 aromatic heterocycles. The normalized spacial score (nSPS) is 20.6. The summed E-state index contributed by atoms with van der Waals surface area (Å²) in [5, 5.41) is 3.30. The van der Waals surface area contributed by atoms with E-state index in [4.69, 9.17) is 11.6 Å². The fraction of sp³-hybridized carbons (Fsp3) is 0.333. The zero-order valence-corrected chi connectivity index (χ0v) is 12.7. The van der Waals surface area contributed by atoms with E-state index in [1.165, 1.54) is 0 Å². The summed E-state index contributed by atoms with van der Waals surface area (Å²) in [6.45, 7) is 2.09. The van der Waals surface area contributed by atoms with Crippen LogP contribution in [0.15, 0.2) is 18.2 Å². The van der Waals surface area contributed by atoms with Crippen LogP contribution in [0.2, 0.25) is 5.02 Å². The van der Waals surface area contributed by atoms with Crippen molar-refractivity contribution in [2.45, 2.75) is 19.4 Å². The van der Waals surface area contributed by atoms with E-state index >= 15 is 0 Å². The lowest BCUT2D eigenvalue weighted by atomic mass is 10.2. The van der Waals surface area contributed by atoms with E-state index in [0.29, 0.717) is 18.0 Å². The van der Waals surface area contributed by atoms with Gasteiger partial charge in [0, 0.05) is 21.6 Å². The molecule has 0 aliphatic carbocycles. The number of hydrogen-bond donors (Lipinski definition) is 1. The minimum atomic E-state index is -0.494. The standard InChI is InChI=1S/C12H12ClIN2O2/c1-7-12(18)16(5-4-11(17)15-7)10-3-2-8(13)6-9(10)14/h2-3,6-7H,4-5H2,1H3,(H,15,17). The van der Waals surface area contributed by atoms with Crippen LogP contribution in [0.1, 0.15) is 13.3 Å². The third kappa shape index (κ3) is 2.77. The minimum Gasteiger partial charge on any atom is -0.345 e. The maximum absolute atomic E-state index is 12.2. The van der Waals surface area contributed by atoms with Crippen molar-refractivity contribution in [3.63, 3.8) is 0 Å². The van der Waals surface area contributed by atoms with E-state index < -0.39 is 6.04 Å². The molecule has 1 N–H and O–H groups in total. The lowest BCUT2D eigenvalue weighted by Crippen LogP contribution is -2.43. The molecule has 1 unspecified atom stereocenters. The van der Waals surface area contributed by atoms with Crippen LogP contribution >= 0.6 is 34.2 Å². The Morgan fingerprint density at radius 3 is 2.83 bits per heavy atom. The second-order valence-corrected chi connectivity index (χ2v) is 5.72. The Morgan fingerprint density at radius 1 is 1.44 bits per heavy atom. The van der Waals surface area contributed by atoms with Crippen molar-refractivity contribution in [3.8, 4) is 0 Å². The Hall–Kier alpha value is -0.820. The van der Waals surface area contributed by atoms with Crippen LogP contribution in [-0.4, -0.2) is 24.4 Å². The average molecular weight is 379 g/mol. The third-order valence-corrected chi connectivity index (χ3v) is 3.88. The van der Waals surface area contributed by atoms with E-state index in [2.05, 4.69) is 27.9 Å². The summed E-state index contributed by atoms with van der Waals surface area (Å²) >= 11 is 8.04. The van der Waals surface area contributed by atoms with Gasteiger partial charge in [0.05, 0.1) is 5.69 Å². The van der Waals surface area contributed by atoms with Crippen molar-refractivity contribution >= 4 is 51.7 Å². The fourth-order valence-corrected chi connectivity index (χ4v) is 3.03. The molecule has 2 amide bonds. The molecule has 2 rings (SSSR count). The number of carbonyl (C=O) groups is 2. The number of amides is 2. The molecule has 1 aromatic carbocycles. The summed E-state index contributed by atoms with van der Waals surface area (Å²) in [4.78, 5) is 25.3. The van der Waals surface area contributed by atoms with Gasteiger partial charge in [0.1, 0.15) is 6.04 Å². The molecule has 1 saturated heterocycles. The second kappa shape index (κ2) is 5.44. The van der Waals surface area contributed by atoms with Crippen molar-refractivity contribution in [2.75, 3.05) is 11.4 Å². The van der Waals surface area contributed by atoms with Crippen LogP contribution in [-0.2, 0) is 9.59 Å². The Bertz CT molecular complexity index is 507. The molecule has 0 radical (unpaired) electrons. The van der Waals surface area contributed by atoms with Gasteiger partial charge in [0.2, 0.25) is 11.8 Å². The fourth-order valence-electron chi connectivity index (χ4n) is 1.87. The zero-order chi connectivity index (χ0) is 13.3. The predicted molar refractivity (Wildman–Crippen MR) is 78.7 cm³/mol. The highest BCUT2D eigenvalue weighted by Gasteiger charge is 2.28. The van der Waals surface area contributed by atoms with Gasteiger partial charge in [-0.25, -0.2) is 0 Å². The van der Waals surface area contributed by atoms with Gasteiger partial charge in [-0.3, -0.25) is 9.59 Å². The van der Waals surface area contributed by atoms with Crippen molar-refractivity contribution in [2.24, 2.45) is 0 Å². The van der Waals surface area contributed by atoms with Gasteiger partial charge in [0.15, 0.2) is 0 Å². The monoisotopic (exact) mass is 378 g/mol. The molecule has 1 heterocycles. The first-order chi connectivity index (χ1) is 8.49. The quantitative estimate of drug-likeness (QED) is 0.762. The number of benzene rings is 1. The van der Waals surface area contributed by atoms with Gasteiger partial charge in [-0.15, -0.1) is 0 Å². The molecule has 4 nitrogen and oxygen atoms in total. The summed E-state index contributed by atoms with van der Waals surface area (Å²) < 4.78 is 0.898. The maximum atomic E-state index is 12.2. The molecule has 0 saturated carbocycles. The van der Waals surface area contributed by atoms with Gasteiger partial charge in [0.25, 0.3) is 0 Å². The molecule has 96 valence electrons. The van der Waals surface area contributed by atoms with Crippen LogP contribution in [0.25, 0.3) is 0 Å². The Kier molecular flexibility index (Phi) is 4.11. The summed E-state index contributed by atoms with van der Waals surface area (Å²) in [5.74, 6) is -0.191. The Balaban J connectivity index is 2.36. The molecule has 0 bridgehead atoms. The minimum absolute atomic E-state index is 0.0951. The van der Waals surface area contributed by atoms with Crippen molar-refractivity contribution in [1.29, 1.82) is 0 Å². The molecule has 18 heavy (non-hydrogen) atoms. The number of nitrogens with zero attached hydrogens (tertiary/aromatic N) is 1. The van der Waals surface area contributed by atoms with E-state index in [1.54, 1.807) is 24.0 Å². The highest BCUT2D eigenvalue weighted by atomic mass is 127. The molecule has 0 spiro atoms. The SMILES string of the molecule is CC1NC(=O)CCN(c2ccc(Cl)cc2I)C1=O. The summed E-state index contributed by atoms with van der Waals surface area (Å²) in [6, 6.07) is 4.86. The Morgan fingerprint density at radius 2 is 2.17 bits per heavy atom. The second-order valence-electron chi connectivity index (χ2n) is 4.12. The maximum Gasteiger partial charge on any atom is 0.249 e. The van der Waals surface area contributed by atoms with Gasteiger partial charge in [-0.2, -0.15) is 0 Å². The Labute approximate surface area is 124 Å². The van der Waals surface area contributed by atoms with Crippen molar-refractivity contribution in [3.05, 3.63) is 26.8 Å². The number of nitrogens with one attached hydrogen (secondary N) is 1. The van der Waals surface area contributed by atoms with E-state index in [0.717, 1.165) is 9.26 Å². The first kappa shape index (κ1) is 13.6. The van der Waals surface area contributed by atoms with Gasteiger partial charge < -0.3 is 10.2 Å². The lowest BCUT2D eigenvalue weighted by molar-refractivity contribution is -0.125. The van der Waals surface area contributed by atoms with Crippen LogP contribution in [0.4, 0.5) is 5.69 Å². The number of anilines is 1. The number of carbonyl (C=O) groups excluding carboxylic acids is 2. The smallest absolute Gasteiger partial charge is 0.249 e. The third-order valence-electron chi connectivity index (χ3n) is 2.78. The van der Waals surface area contributed by atoms with E-state index in [1.807, 2.05) is 6.07 Å². The summed E-state index contributed by atoms with van der Waals surface area (Å²) in [6.07, 6.45) is 0.314. The molecular weight excluding hydrogens is 367 g/mol. The summed E-state index contributed by atoms with van der Waals surface area (Å²) in [5.41, 5.74) is 0.799. The van der Waals surface area contributed by atoms with Gasteiger partial charge in [-0.05, 0) is 47.7 Å². The van der Waals surface area contributed by atoms with Crippen LogP contribution in [0.5, 0.6) is 0 Å². The first-order valence-electron chi connectivity index (χ1n) is 5.55. The first-order valence-corrected chi connectivity index (χ1v) is 7.00. The number of rotatable bonds is 1. The number of hydrogen-bond acceptors (Lipinski definition) is 2. The number of halogens is 2. The van der Waals surface area contributed by atoms with Crippen LogP contribution < -0.4 is 10.2 Å². The average Bonchev–Trinajstić information content (AvgIpc) is 2.41. The predicted octanol–water partition coefficient (Wildman–Crippen LogP) is 2.19. The topological polar surface area (TPSA) is 49.4 Å². The highest BCUT2D eigenvalue weighted by Crippen LogP contribution is 2.27. The molecular formula is C12H12ClIN2O2. The molecule has 1 aliphatic rings. The highest BCUT2D eigenvalue weighted by molar-refractivity contribution is 14.1. The van der Waals surface area contributed by atoms with Crippen molar-refractivity contribution in [1.82, 2.24) is 5.32 Å². The van der Waals surface area contributed by atoms with Gasteiger partial charge >= 0.3 is 0 Å². The van der Waals surface area contributed by atoms with Crippen LogP contribution in [0, 0.1) is 3.57 Å². The zero-order valence-electron chi connectivity index (χ0n) is 9.74. The lowest BCUT2D eigenvalue weighted by Gasteiger charge is -2.23. The van der Waals surface area contributed by atoms with Crippen molar-refractivity contribution < 1.29 is 9.59 Å². The van der Waals surface area contributed by atoms with Crippen LogP contribution in [0.3, 0.4) is 0 Å². The molecule has 1 aromatic rings. The molecule has 1 fully saturated rings. The molecule has 1 aliphatic heterocycles. The van der Waals surface area contributed by atoms with E-state index in [9.17, 15) is 9.59 Å². The largest absolute Gasteiger partial charge is 0.345 e. The molecule has 6 heteroatoms. The van der Waals surface area contributed by atoms with Gasteiger partial charge in [-0.1, -0.05) is 11.6 Å². The molecule has 1 atom stereocenters.